The van der Waals surface area contributed by atoms with Gasteiger partial charge in [0.2, 0.25) is 12.7 Å². The van der Waals surface area contributed by atoms with Crippen molar-refractivity contribution >= 4 is 43.6 Å². The summed E-state index contributed by atoms with van der Waals surface area (Å²) in [6.45, 7) is 0.293. The zero-order chi connectivity index (χ0) is 16.8. The van der Waals surface area contributed by atoms with Crippen molar-refractivity contribution in [3.05, 3.63) is 36.4 Å². The van der Waals surface area contributed by atoms with Crippen LogP contribution in [0.25, 0.3) is 21.3 Å². The number of thiazole rings is 1. The minimum atomic E-state index is -0.213. The fourth-order valence-corrected chi connectivity index (χ4v) is 3.59. The van der Waals surface area contributed by atoms with E-state index in [1.807, 2.05) is 36.4 Å². The van der Waals surface area contributed by atoms with E-state index in [2.05, 4.69) is 20.6 Å². The Labute approximate surface area is 145 Å². The molecule has 1 aliphatic rings. The number of ether oxygens (including phenoxy) is 2. The van der Waals surface area contributed by atoms with E-state index in [1.54, 1.807) is 4.68 Å². The highest BCUT2D eigenvalue weighted by atomic mass is 32.1. The summed E-state index contributed by atoms with van der Waals surface area (Å²) in [6.07, 6.45) is 0. The molecule has 4 aromatic rings. The van der Waals surface area contributed by atoms with Gasteiger partial charge >= 0.3 is 0 Å². The minimum absolute atomic E-state index is 0.0686. The van der Waals surface area contributed by atoms with E-state index in [9.17, 15) is 4.79 Å². The molecule has 9 heteroatoms. The molecule has 0 spiro atoms. The van der Waals surface area contributed by atoms with E-state index in [-0.39, 0.29) is 19.2 Å². The van der Waals surface area contributed by atoms with Gasteiger partial charge in [0.15, 0.2) is 16.6 Å². The van der Waals surface area contributed by atoms with Gasteiger partial charge in [0.1, 0.15) is 12.1 Å². The quantitative estimate of drug-likeness (QED) is 0.608. The van der Waals surface area contributed by atoms with E-state index in [0.29, 0.717) is 16.6 Å². The number of para-hydroxylation sites is 1. The molecular formula is C16H11N5O3S. The first-order chi connectivity index (χ1) is 12.3. The molecule has 0 bridgehead atoms. The number of anilines is 1. The van der Waals surface area contributed by atoms with Gasteiger partial charge in [0, 0.05) is 12.1 Å². The Hall–Kier alpha value is -3.20. The molecule has 8 nitrogen and oxygen atoms in total. The van der Waals surface area contributed by atoms with Crippen molar-refractivity contribution in [3.8, 4) is 11.5 Å². The Bertz CT molecular complexity index is 1080. The van der Waals surface area contributed by atoms with E-state index in [1.165, 1.54) is 11.3 Å². The van der Waals surface area contributed by atoms with Gasteiger partial charge < -0.3 is 14.8 Å². The summed E-state index contributed by atoms with van der Waals surface area (Å²) >= 11 is 1.38. The van der Waals surface area contributed by atoms with Gasteiger partial charge in [0.05, 0.1) is 15.7 Å². The number of rotatable bonds is 3. The lowest BCUT2D eigenvalue weighted by atomic mass is 10.3. The largest absolute Gasteiger partial charge is 0.454 e. The Balaban J connectivity index is 1.38. The molecule has 0 saturated carbocycles. The van der Waals surface area contributed by atoms with E-state index < -0.39 is 0 Å². The Kier molecular flexibility index (Phi) is 3.07. The van der Waals surface area contributed by atoms with Gasteiger partial charge in [-0.15, -0.1) is 5.10 Å². The molecule has 0 atom stereocenters. The number of benzene rings is 2. The molecule has 1 amide bonds. The summed E-state index contributed by atoms with van der Waals surface area (Å²) in [7, 11) is 0. The third-order valence-corrected chi connectivity index (χ3v) is 4.78. The second-order valence-electron chi connectivity index (χ2n) is 5.48. The zero-order valence-electron chi connectivity index (χ0n) is 12.8. The van der Waals surface area contributed by atoms with E-state index >= 15 is 0 Å². The monoisotopic (exact) mass is 353 g/mol. The third-order valence-electron chi connectivity index (χ3n) is 3.84. The summed E-state index contributed by atoms with van der Waals surface area (Å²) in [5.41, 5.74) is 2.33. The number of fused-ring (bicyclic) bond motifs is 3. The summed E-state index contributed by atoms with van der Waals surface area (Å²) < 4.78 is 13.2. The van der Waals surface area contributed by atoms with Gasteiger partial charge in [-0.3, -0.25) is 4.79 Å². The summed E-state index contributed by atoms with van der Waals surface area (Å²) in [5, 5.41) is 11.4. The van der Waals surface area contributed by atoms with Gasteiger partial charge in [-0.1, -0.05) is 28.7 Å². The van der Waals surface area contributed by atoms with Crippen LogP contribution in [-0.4, -0.2) is 32.7 Å². The lowest BCUT2D eigenvalue weighted by Gasteiger charge is -2.02. The molecule has 0 fully saturated rings. The predicted molar refractivity (Wildman–Crippen MR) is 91.9 cm³/mol. The second-order valence-corrected chi connectivity index (χ2v) is 6.51. The van der Waals surface area contributed by atoms with Crippen LogP contribution in [-0.2, 0) is 11.3 Å². The average molecular weight is 353 g/mol. The maximum Gasteiger partial charge on any atom is 0.247 e. The first-order valence-corrected chi connectivity index (χ1v) is 8.36. The molecule has 0 unspecified atom stereocenters. The SMILES string of the molecule is O=C(Cn1nnc2ccccc21)Nc1nc2cc3c(cc2s1)OCO3. The average Bonchev–Trinajstić information content (AvgIpc) is 3.30. The molecule has 2 aromatic carbocycles. The van der Waals surface area contributed by atoms with E-state index in [0.717, 1.165) is 21.3 Å². The second kappa shape index (κ2) is 5.42. The number of nitrogens with one attached hydrogen (secondary N) is 1. The van der Waals surface area contributed by atoms with Crippen LogP contribution in [0.3, 0.4) is 0 Å². The highest BCUT2D eigenvalue weighted by Gasteiger charge is 2.17. The number of amides is 1. The molecule has 25 heavy (non-hydrogen) atoms. The molecule has 124 valence electrons. The van der Waals surface area contributed by atoms with Crippen LogP contribution < -0.4 is 14.8 Å². The number of hydrogen-bond acceptors (Lipinski definition) is 7. The summed E-state index contributed by atoms with van der Waals surface area (Å²) in [5.74, 6) is 1.16. The van der Waals surface area contributed by atoms with Gasteiger partial charge in [0.25, 0.3) is 0 Å². The fraction of sp³-hybridized carbons (Fsp3) is 0.125. The Morgan fingerprint density at radius 3 is 2.96 bits per heavy atom. The molecule has 1 aliphatic heterocycles. The molecule has 1 N–H and O–H groups in total. The van der Waals surface area contributed by atoms with Crippen molar-refractivity contribution in [2.24, 2.45) is 0 Å². The standard InChI is InChI=1S/C16H11N5O3S/c22-15(7-21-11-4-2-1-3-9(11)19-20-21)18-16-17-10-5-12-13(24-8-23-12)6-14(10)25-16/h1-6H,7-8H2,(H,17,18,22). The lowest BCUT2D eigenvalue weighted by molar-refractivity contribution is -0.116. The topological polar surface area (TPSA) is 91.2 Å². The number of nitrogens with zero attached hydrogens (tertiary/aromatic N) is 4. The molecule has 5 rings (SSSR count). The fourth-order valence-electron chi connectivity index (χ4n) is 2.70. The maximum atomic E-state index is 12.3. The number of carbonyl (C=O) groups is 1. The highest BCUT2D eigenvalue weighted by molar-refractivity contribution is 7.22. The highest BCUT2D eigenvalue weighted by Crippen LogP contribution is 2.38. The van der Waals surface area contributed by atoms with Crippen molar-refractivity contribution in [3.63, 3.8) is 0 Å². The van der Waals surface area contributed by atoms with Crippen molar-refractivity contribution in [2.75, 3.05) is 12.1 Å². The Morgan fingerprint density at radius 1 is 1.20 bits per heavy atom. The minimum Gasteiger partial charge on any atom is -0.454 e. The van der Waals surface area contributed by atoms with Crippen LogP contribution in [0.2, 0.25) is 0 Å². The Morgan fingerprint density at radius 2 is 2.04 bits per heavy atom. The third kappa shape index (κ3) is 2.45. The first-order valence-electron chi connectivity index (χ1n) is 7.54. The van der Waals surface area contributed by atoms with Crippen LogP contribution in [0.1, 0.15) is 0 Å². The zero-order valence-corrected chi connectivity index (χ0v) is 13.6. The van der Waals surface area contributed by atoms with Crippen molar-refractivity contribution in [1.82, 2.24) is 20.0 Å². The first kappa shape index (κ1) is 14.2. The van der Waals surface area contributed by atoms with Crippen LogP contribution in [0.4, 0.5) is 5.13 Å². The van der Waals surface area contributed by atoms with Gasteiger partial charge in [-0.2, -0.15) is 0 Å². The van der Waals surface area contributed by atoms with Crippen molar-refractivity contribution < 1.29 is 14.3 Å². The van der Waals surface area contributed by atoms with Crippen LogP contribution in [0, 0.1) is 0 Å². The number of carbonyl (C=O) groups excluding carboxylic acids is 1. The lowest BCUT2D eigenvalue weighted by Crippen LogP contribution is -2.19. The summed E-state index contributed by atoms with van der Waals surface area (Å²) in [6, 6.07) is 11.2. The summed E-state index contributed by atoms with van der Waals surface area (Å²) in [4.78, 5) is 16.7. The molecule has 2 aromatic heterocycles. The molecule has 0 aliphatic carbocycles. The van der Waals surface area contributed by atoms with Crippen LogP contribution >= 0.6 is 11.3 Å². The van der Waals surface area contributed by atoms with Crippen LogP contribution in [0.15, 0.2) is 36.4 Å². The number of aromatic nitrogens is 4. The normalized spacial score (nSPS) is 12.8. The van der Waals surface area contributed by atoms with Crippen molar-refractivity contribution in [2.45, 2.75) is 6.54 Å². The molecule has 0 saturated heterocycles. The molecule has 3 heterocycles. The number of hydrogen-bond donors (Lipinski definition) is 1. The predicted octanol–water partition coefficient (Wildman–Crippen LogP) is 2.41. The van der Waals surface area contributed by atoms with Gasteiger partial charge in [-0.05, 0) is 12.1 Å². The van der Waals surface area contributed by atoms with Crippen LogP contribution in [0.5, 0.6) is 11.5 Å². The smallest absolute Gasteiger partial charge is 0.247 e. The molecular weight excluding hydrogens is 342 g/mol. The van der Waals surface area contributed by atoms with E-state index in [4.69, 9.17) is 9.47 Å². The molecule has 0 radical (unpaired) electrons. The van der Waals surface area contributed by atoms with Crippen molar-refractivity contribution in [1.29, 1.82) is 0 Å². The maximum absolute atomic E-state index is 12.3. The van der Waals surface area contributed by atoms with Gasteiger partial charge in [-0.25, -0.2) is 9.67 Å².